The van der Waals surface area contributed by atoms with Gasteiger partial charge in [-0.1, -0.05) is 12.1 Å². The number of para-hydroxylation sites is 1. The van der Waals surface area contributed by atoms with Gasteiger partial charge in [0, 0.05) is 11.1 Å². The number of anilines is 1. The summed E-state index contributed by atoms with van der Waals surface area (Å²) >= 11 is 0. The van der Waals surface area contributed by atoms with Gasteiger partial charge in [-0.15, -0.1) is 0 Å². The Hall–Kier alpha value is -4.40. The van der Waals surface area contributed by atoms with Crippen LogP contribution in [0.2, 0.25) is 0 Å². The summed E-state index contributed by atoms with van der Waals surface area (Å²) < 4.78 is 29.0. The van der Waals surface area contributed by atoms with E-state index in [1.165, 1.54) is 51.8 Å². The molecule has 3 aromatic carbocycles. The third kappa shape index (κ3) is 5.65. The van der Waals surface area contributed by atoms with Gasteiger partial charge in [-0.05, 0) is 48.5 Å². The second-order valence-electron chi connectivity index (χ2n) is 6.66. The number of nitrogens with zero attached hydrogens (tertiary/aromatic N) is 1. The standard InChI is InChI=1S/C24H22FN3O5/c1-31-20-12-15(13-21(32-2)22(20)33-3)14-26-28-24(30)18-6-4-5-7-19(18)27-23(29)16-8-10-17(25)11-9-16/h4-14H,1-3H3,(H,27,29)(H,28,30)/b26-14-. The molecule has 0 saturated carbocycles. The lowest BCUT2D eigenvalue weighted by Gasteiger charge is -2.12. The maximum Gasteiger partial charge on any atom is 0.273 e. The Morgan fingerprint density at radius 3 is 2.12 bits per heavy atom. The summed E-state index contributed by atoms with van der Waals surface area (Å²) in [6.45, 7) is 0. The molecule has 0 saturated heterocycles. The largest absolute Gasteiger partial charge is 0.493 e. The number of hydrazone groups is 1. The molecule has 0 aromatic heterocycles. The van der Waals surface area contributed by atoms with Gasteiger partial charge in [-0.25, -0.2) is 9.82 Å². The predicted octanol–water partition coefficient (Wildman–Crippen LogP) is 3.87. The van der Waals surface area contributed by atoms with Gasteiger partial charge in [-0.2, -0.15) is 5.10 Å². The average molecular weight is 451 g/mol. The van der Waals surface area contributed by atoms with Crippen molar-refractivity contribution in [3.8, 4) is 17.2 Å². The molecule has 0 bridgehead atoms. The Bertz CT molecular complexity index is 1150. The SMILES string of the molecule is COc1cc(/C=N\NC(=O)c2ccccc2NC(=O)c2ccc(F)cc2)cc(OC)c1OC. The van der Waals surface area contributed by atoms with Crippen LogP contribution in [0.1, 0.15) is 26.3 Å². The normalized spacial score (nSPS) is 10.5. The van der Waals surface area contributed by atoms with E-state index in [9.17, 15) is 14.0 Å². The summed E-state index contributed by atoms with van der Waals surface area (Å²) in [4.78, 5) is 25.1. The summed E-state index contributed by atoms with van der Waals surface area (Å²) in [7, 11) is 4.50. The van der Waals surface area contributed by atoms with Crippen molar-refractivity contribution in [3.05, 3.63) is 83.2 Å². The number of hydrogen-bond donors (Lipinski definition) is 2. The molecule has 3 rings (SSSR count). The highest BCUT2D eigenvalue weighted by atomic mass is 19.1. The zero-order chi connectivity index (χ0) is 23.8. The van der Waals surface area contributed by atoms with Crippen molar-refractivity contribution in [2.45, 2.75) is 0 Å². The first-order valence-electron chi connectivity index (χ1n) is 9.76. The molecule has 8 nitrogen and oxygen atoms in total. The third-order valence-electron chi connectivity index (χ3n) is 4.59. The molecular formula is C24H22FN3O5. The molecule has 3 aromatic rings. The summed E-state index contributed by atoms with van der Waals surface area (Å²) in [5.74, 6) is -0.134. The first kappa shape index (κ1) is 23.3. The van der Waals surface area contributed by atoms with E-state index in [-0.39, 0.29) is 16.8 Å². The fourth-order valence-electron chi connectivity index (χ4n) is 2.99. The van der Waals surface area contributed by atoms with Crippen LogP contribution in [0.15, 0.2) is 65.8 Å². The molecule has 0 unspecified atom stereocenters. The molecule has 0 aliphatic carbocycles. The Balaban J connectivity index is 1.74. The van der Waals surface area contributed by atoms with E-state index in [0.29, 0.717) is 22.8 Å². The average Bonchev–Trinajstić information content (AvgIpc) is 2.83. The number of amides is 2. The molecule has 0 radical (unpaired) electrons. The van der Waals surface area contributed by atoms with Gasteiger partial charge in [0.2, 0.25) is 5.75 Å². The Labute approximate surface area is 190 Å². The van der Waals surface area contributed by atoms with Crippen LogP contribution in [0.25, 0.3) is 0 Å². The van der Waals surface area contributed by atoms with Crippen LogP contribution in [0, 0.1) is 5.82 Å². The lowest BCUT2D eigenvalue weighted by molar-refractivity contribution is 0.0956. The summed E-state index contributed by atoms with van der Waals surface area (Å²) in [6.07, 6.45) is 1.42. The first-order valence-corrected chi connectivity index (χ1v) is 9.76. The number of methoxy groups -OCH3 is 3. The maximum atomic E-state index is 13.1. The quantitative estimate of drug-likeness (QED) is 0.400. The zero-order valence-electron chi connectivity index (χ0n) is 18.2. The minimum Gasteiger partial charge on any atom is -0.493 e. The molecule has 0 heterocycles. The number of hydrogen-bond acceptors (Lipinski definition) is 6. The molecule has 2 N–H and O–H groups in total. The molecule has 2 amide bonds. The fourth-order valence-corrected chi connectivity index (χ4v) is 2.99. The highest BCUT2D eigenvalue weighted by Crippen LogP contribution is 2.37. The molecule has 0 aliphatic heterocycles. The van der Waals surface area contributed by atoms with Gasteiger partial charge >= 0.3 is 0 Å². The highest BCUT2D eigenvalue weighted by Gasteiger charge is 2.15. The van der Waals surface area contributed by atoms with E-state index in [1.54, 1.807) is 36.4 Å². The van der Waals surface area contributed by atoms with Crippen LogP contribution < -0.4 is 25.0 Å². The summed E-state index contributed by atoms with van der Waals surface area (Å²) in [6, 6.07) is 14.9. The zero-order valence-corrected chi connectivity index (χ0v) is 18.2. The molecule has 0 spiro atoms. The Morgan fingerprint density at radius 1 is 0.879 bits per heavy atom. The minimum atomic E-state index is -0.534. The number of nitrogens with one attached hydrogen (secondary N) is 2. The van der Waals surface area contributed by atoms with E-state index in [1.807, 2.05) is 0 Å². The summed E-state index contributed by atoms with van der Waals surface area (Å²) in [5.41, 5.74) is 3.77. The smallest absolute Gasteiger partial charge is 0.273 e. The molecule has 33 heavy (non-hydrogen) atoms. The van der Waals surface area contributed by atoms with Gasteiger partial charge < -0.3 is 19.5 Å². The van der Waals surface area contributed by atoms with E-state index in [4.69, 9.17) is 14.2 Å². The van der Waals surface area contributed by atoms with Crippen LogP contribution in [-0.2, 0) is 0 Å². The van der Waals surface area contributed by atoms with Crippen molar-refractivity contribution in [2.24, 2.45) is 5.10 Å². The van der Waals surface area contributed by atoms with Crippen molar-refractivity contribution < 1.29 is 28.2 Å². The van der Waals surface area contributed by atoms with Gasteiger partial charge in [0.25, 0.3) is 11.8 Å². The van der Waals surface area contributed by atoms with E-state index in [2.05, 4.69) is 15.8 Å². The number of carbonyl (C=O) groups is 2. The highest BCUT2D eigenvalue weighted by molar-refractivity contribution is 6.09. The van der Waals surface area contributed by atoms with Crippen molar-refractivity contribution in [1.82, 2.24) is 5.43 Å². The topological polar surface area (TPSA) is 98.2 Å². The lowest BCUT2D eigenvalue weighted by atomic mass is 10.1. The minimum absolute atomic E-state index is 0.204. The maximum absolute atomic E-state index is 13.1. The van der Waals surface area contributed by atoms with Crippen LogP contribution in [0.5, 0.6) is 17.2 Å². The molecule has 0 fully saturated rings. The number of benzene rings is 3. The number of rotatable bonds is 8. The molecular weight excluding hydrogens is 429 g/mol. The van der Waals surface area contributed by atoms with Gasteiger partial charge in [0.05, 0.1) is 38.8 Å². The first-order chi connectivity index (χ1) is 16.0. The van der Waals surface area contributed by atoms with E-state index < -0.39 is 17.6 Å². The van der Waals surface area contributed by atoms with E-state index in [0.717, 1.165) is 0 Å². The monoisotopic (exact) mass is 451 g/mol. The number of carbonyl (C=O) groups excluding carboxylic acids is 2. The molecule has 0 atom stereocenters. The number of halogens is 1. The Kier molecular flexibility index (Phi) is 7.59. The van der Waals surface area contributed by atoms with E-state index >= 15 is 0 Å². The Morgan fingerprint density at radius 2 is 1.52 bits per heavy atom. The lowest BCUT2D eigenvalue weighted by Crippen LogP contribution is -2.21. The van der Waals surface area contributed by atoms with Crippen molar-refractivity contribution in [2.75, 3.05) is 26.6 Å². The van der Waals surface area contributed by atoms with Gasteiger partial charge in [0.1, 0.15) is 5.82 Å². The number of ether oxygens (including phenoxy) is 3. The van der Waals surface area contributed by atoms with Gasteiger partial charge in [0.15, 0.2) is 11.5 Å². The predicted molar refractivity (Wildman–Crippen MR) is 122 cm³/mol. The second-order valence-corrected chi connectivity index (χ2v) is 6.66. The van der Waals surface area contributed by atoms with Gasteiger partial charge in [-0.3, -0.25) is 9.59 Å². The third-order valence-corrected chi connectivity index (χ3v) is 4.59. The molecule has 0 aliphatic rings. The van der Waals surface area contributed by atoms with Crippen LogP contribution in [0.4, 0.5) is 10.1 Å². The fraction of sp³-hybridized carbons (Fsp3) is 0.125. The van der Waals surface area contributed by atoms with Crippen LogP contribution in [0.3, 0.4) is 0 Å². The van der Waals surface area contributed by atoms with Crippen molar-refractivity contribution >= 4 is 23.7 Å². The second kappa shape index (κ2) is 10.8. The summed E-state index contributed by atoms with van der Waals surface area (Å²) in [5, 5.41) is 6.64. The van der Waals surface area contributed by atoms with Crippen molar-refractivity contribution in [3.63, 3.8) is 0 Å². The van der Waals surface area contributed by atoms with Crippen LogP contribution in [-0.4, -0.2) is 39.4 Å². The van der Waals surface area contributed by atoms with Crippen LogP contribution >= 0.6 is 0 Å². The molecule has 9 heteroatoms. The van der Waals surface area contributed by atoms with Crippen molar-refractivity contribution in [1.29, 1.82) is 0 Å². The molecule has 170 valence electrons.